The first-order valence-corrected chi connectivity index (χ1v) is 11.4. The molecule has 0 bridgehead atoms. The van der Waals surface area contributed by atoms with Gasteiger partial charge in [0.05, 0.1) is 28.2 Å². The Labute approximate surface area is 182 Å². The third-order valence-electron chi connectivity index (χ3n) is 3.63. The average Bonchev–Trinajstić information content (AvgIpc) is 2.98. The van der Waals surface area contributed by atoms with E-state index in [1.54, 1.807) is 39.1 Å². The number of carbonyl (C=O) groups is 1. The minimum atomic E-state index is -1.46. The van der Waals surface area contributed by atoms with Crippen LogP contribution in [0.15, 0.2) is 24.4 Å². The molecule has 1 aromatic carbocycles. The molecular weight excluding hydrogens is 435 g/mol. The highest BCUT2D eigenvalue weighted by Crippen LogP contribution is 2.31. The average molecular weight is 461 g/mol. The van der Waals surface area contributed by atoms with Crippen LogP contribution in [0, 0.1) is 5.82 Å². The maximum Gasteiger partial charge on any atom is 0.313 e. The van der Waals surface area contributed by atoms with Crippen LogP contribution in [0.1, 0.15) is 63.0 Å². The van der Waals surface area contributed by atoms with Crippen molar-refractivity contribution >= 4 is 39.9 Å². The van der Waals surface area contributed by atoms with Crippen LogP contribution in [0.5, 0.6) is 0 Å². The van der Waals surface area contributed by atoms with Crippen molar-refractivity contribution in [2.24, 2.45) is 0 Å². The summed E-state index contributed by atoms with van der Waals surface area (Å²) in [5.74, 6) is -0.901. The zero-order valence-corrected chi connectivity index (χ0v) is 19.7. The molecule has 5 nitrogen and oxygen atoms in total. The molecule has 0 spiro atoms. The van der Waals surface area contributed by atoms with Gasteiger partial charge in [0, 0.05) is 21.7 Å². The number of carbonyl (C=O) groups excluding carboxylic acids is 1. The van der Waals surface area contributed by atoms with E-state index in [1.165, 1.54) is 17.4 Å². The van der Waals surface area contributed by atoms with Crippen LogP contribution < -0.4 is 4.72 Å². The minimum absolute atomic E-state index is 0.0140. The fourth-order valence-electron chi connectivity index (χ4n) is 2.33. The van der Waals surface area contributed by atoms with Crippen molar-refractivity contribution < 1.29 is 18.1 Å². The highest BCUT2D eigenvalue weighted by Gasteiger charge is 2.28. The van der Waals surface area contributed by atoms with Gasteiger partial charge in [-0.3, -0.25) is 4.79 Å². The first kappa shape index (κ1) is 23.9. The molecule has 1 unspecified atom stereocenters. The Hall–Kier alpha value is -1.35. The standard InChI is InChI=1S/C20H26ClFN2O3S2/c1-19(2,3)27-17(25)10-16-23-11-15(28-16)18(24-29(26)20(4,5)6)13-8-7-12(21)9-14(13)22/h7-9,11,18,24H,10H2,1-6H3/t18?,29-/m1/s1. The third kappa shape index (κ3) is 7.13. The van der Waals surface area contributed by atoms with Crippen molar-refractivity contribution in [3.8, 4) is 0 Å². The molecule has 0 fully saturated rings. The van der Waals surface area contributed by atoms with Gasteiger partial charge >= 0.3 is 5.97 Å². The molecule has 1 heterocycles. The summed E-state index contributed by atoms with van der Waals surface area (Å²) in [5, 5.41) is 0.814. The monoisotopic (exact) mass is 460 g/mol. The van der Waals surface area contributed by atoms with Gasteiger partial charge < -0.3 is 4.74 Å². The highest BCUT2D eigenvalue weighted by molar-refractivity contribution is 7.84. The van der Waals surface area contributed by atoms with E-state index >= 15 is 0 Å². The predicted octanol–water partition coefficient (Wildman–Crippen LogP) is 4.96. The Bertz CT molecular complexity index is 904. The molecule has 2 aromatic rings. The second-order valence-electron chi connectivity index (χ2n) is 8.52. The zero-order chi connectivity index (χ0) is 22.0. The van der Waals surface area contributed by atoms with E-state index < -0.39 is 33.2 Å². The third-order valence-corrected chi connectivity index (χ3v) is 6.49. The smallest absolute Gasteiger partial charge is 0.313 e. The first-order valence-electron chi connectivity index (χ1n) is 9.06. The van der Waals surface area contributed by atoms with E-state index in [1.807, 2.05) is 20.8 Å². The minimum Gasteiger partial charge on any atom is -0.460 e. The van der Waals surface area contributed by atoms with Crippen LogP contribution in [0.4, 0.5) is 4.39 Å². The fourth-order valence-corrected chi connectivity index (χ4v) is 4.37. The van der Waals surface area contributed by atoms with Crippen molar-refractivity contribution in [3.63, 3.8) is 0 Å². The van der Waals surface area contributed by atoms with Crippen LogP contribution in [0.25, 0.3) is 0 Å². The Morgan fingerprint density at radius 3 is 2.52 bits per heavy atom. The van der Waals surface area contributed by atoms with Crippen molar-refractivity contribution in [2.45, 2.75) is 64.4 Å². The summed E-state index contributed by atoms with van der Waals surface area (Å²) in [7, 11) is -1.46. The van der Waals surface area contributed by atoms with Crippen LogP contribution in [0.2, 0.25) is 5.02 Å². The largest absolute Gasteiger partial charge is 0.460 e. The number of benzene rings is 1. The van der Waals surface area contributed by atoms with Gasteiger partial charge in [-0.1, -0.05) is 17.7 Å². The SMILES string of the molecule is CC(C)(C)OC(=O)Cc1ncc(C(N[S@](=O)C(C)(C)C)c2ccc(Cl)cc2F)s1. The maximum atomic E-state index is 14.6. The van der Waals surface area contributed by atoms with E-state index in [4.69, 9.17) is 16.3 Å². The summed E-state index contributed by atoms with van der Waals surface area (Å²) < 4.78 is 35.1. The summed E-state index contributed by atoms with van der Waals surface area (Å²) >= 11 is 7.13. The van der Waals surface area contributed by atoms with Gasteiger partial charge in [-0.2, -0.15) is 0 Å². The molecule has 0 aliphatic carbocycles. The highest BCUT2D eigenvalue weighted by atomic mass is 35.5. The number of nitrogens with zero attached hydrogens (tertiary/aromatic N) is 1. The van der Waals surface area contributed by atoms with Crippen molar-refractivity contribution in [1.82, 2.24) is 9.71 Å². The van der Waals surface area contributed by atoms with Gasteiger partial charge in [0.2, 0.25) is 0 Å². The van der Waals surface area contributed by atoms with Crippen molar-refractivity contribution in [3.05, 3.63) is 50.7 Å². The summed E-state index contributed by atoms with van der Waals surface area (Å²) in [6, 6.07) is 3.66. The quantitative estimate of drug-likeness (QED) is 0.618. The molecule has 1 aromatic heterocycles. The number of hydrogen-bond donors (Lipinski definition) is 1. The van der Waals surface area contributed by atoms with Gasteiger partial charge in [0.15, 0.2) is 0 Å². The maximum absolute atomic E-state index is 14.6. The van der Waals surface area contributed by atoms with Gasteiger partial charge in [0.1, 0.15) is 16.4 Å². The Morgan fingerprint density at radius 1 is 1.31 bits per heavy atom. The second kappa shape index (κ2) is 9.20. The number of nitrogens with one attached hydrogen (secondary N) is 1. The van der Waals surface area contributed by atoms with Crippen LogP contribution in [0.3, 0.4) is 0 Å². The molecule has 1 N–H and O–H groups in total. The lowest BCUT2D eigenvalue weighted by Crippen LogP contribution is -2.36. The Balaban J connectivity index is 2.33. The van der Waals surface area contributed by atoms with E-state index in [-0.39, 0.29) is 17.4 Å². The van der Waals surface area contributed by atoms with Gasteiger partial charge in [-0.05, 0) is 53.7 Å². The first-order chi connectivity index (χ1) is 13.3. The zero-order valence-electron chi connectivity index (χ0n) is 17.3. The number of aromatic nitrogens is 1. The molecule has 0 amide bonds. The lowest BCUT2D eigenvalue weighted by atomic mass is 10.1. The van der Waals surface area contributed by atoms with Gasteiger partial charge in [-0.25, -0.2) is 18.3 Å². The van der Waals surface area contributed by atoms with E-state index in [9.17, 15) is 13.4 Å². The van der Waals surface area contributed by atoms with Crippen LogP contribution in [-0.2, 0) is 26.9 Å². The van der Waals surface area contributed by atoms with Crippen molar-refractivity contribution in [1.29, 1.82) is 0 Å². The Morgan fingerprint density at radius 2 is 1.97 bits per heavy atom. The number of halogens is 2. The molecule has 2 atom stereocenters. The molecule has 0 saturated carbocycles. The molecule has 2 rings (SSSR count). The normalized spacial score (nSPS) is 14.5. The lowest BCUT2D eigenvalue weighted by Gasteiger charge is -2.24. The Kier molecular flexibility index (Phi) is 7.59. The lowest BCUT2D eigenvalue weighted by molar-refractivity contribution is -0.153. The topological polar surface area (TPSA) is 68.3 Å². The number of esters is 1. The predicted molar refractivity (Wildman–Crippen MR) is 116 cm³/mol. The van der Waals surface area contributed by atoms with Gasteiger partial charge in [-0.15, -0.1) is 11.3 Å². The molecule has 0 saturated heterocycles. The molecule has 9 heteroatoms. The van der Waals surface area contributed by atoms with E-state index in [0.29, 0.717) is 15.4 Å². The molecule has 160 valence electrons. The fraction of sp³-hybridized carbons (Fsp3) is 0.500. The molecule has 29 heavy (non-hydrogen) atoms. The number of ether oxygens (including phenoxy) is 1. The van der Waals surface area contributed by atoms with E-state index in [2.05, 4.69) is 9.71 Å². The molecule has 0 aliphatic heterocycles. The van der Waals surface area contributed by atoms with Crippen LogP contribution >= 0.6 is 22.9 Å². The number of thiazole rings is 1. The summed E-state index contributed by atoms with van der Waals surface area (Å²) in [6.07, 6.45) is 1.58. The summed E-state index contributed by atoms with van der Waals surface area (Å²) in [4.78, 5) is 17.0. The summed E-state index contributed by atoms with van der Waals surface area (Å²) in [6.45, 7) is 10.9. The van der Waals surface area contributed by atoms with E-state index in [0.717, 1.165) is 0 Å². The number of rotatable bonds is 6. The van der Waals surface area contributed by atoms with Crippen molar-refractivity contribution in [2.75, 3.05) is 0 Å². The van der Waals surface area contributed by atoms with Crippen LogP contribution in [-0.4, -0.2) is 25.5 Å². The molecule has 0 radical (unpaired) electrons. The molecule has 0 aliphatic rings. The summed E-state index contributed by atoms with van der Waals surface area (Å²) in [5.41, 5.74) is -0.281. The second-order valence-corrected chi connectivity index (χ2v) is 12.1. The number of hydrogen-bond acceptors (Lipinski definition) is 5. The molecular formula is C20H26ClFN2O3S2. The van der Waals surface area contributed by atoms with Gasteiger partial charge in [0.25, 0.3) is 0 Å².